The van der Waals surface area contributed by atoms with Crippen LogP contribution in [0.15, 0.2) is 53.4 Å². The van der Waals surface area contributed by atoms with Crippen LogP contribution < -0.4 is 4.74 Å². The number of piperazine rings is 1. The van der Waals surface area contributed by atoms with E-state index in [4.69, 9.17) is 4.74 Å². The SMILES string of the molecule is COc1ccc(S(=O)(=O)N2CCN(Cc3ccc(C(C)(C)C)cc3)CC2)cc1. The summed E-state index contributed by atoms with van der Waals surface area (Å²) in [5, 5.41) is 0. The Morgan fingerprint density at radius 2 is 1.46 bits per heavy atom. The monoisotopic (exact) mass is 402 g/mol. The van der Waals surface area contributed by atoms with Crippen LogP contribution in [0.2, 0.25) is 0 Å². The van der Waals surface area contributed by atoms with Crippen LogP contribution in [0.1, 0.15) is 31.9 Å². The van der Waals surface area contributed by atoms with Crippen molar-refractivity contribution in [3.05, 3.63) is 59.7 Å². The third kappa shape index (κ3) is 4.74. The first-order valence-corrected chi connectivity index (χ1v) is 11.1. The molecule has 2 aromatic rings. The normalized spacial score (nSPS) is 16.9. The van der Waals surface area contributed by atoms with Gasteiger partial charge in [-0.15, -0.1) is 0 Å². The van der Waals surface area contributed by atoms with Crippen molar-refractivity contribution >= 4 is 10.0 Å². The number of ether oxygens (including phenoxy) is 1. The second-order valence-corrected chi connectivity index (χ2v) is 10.2. The second kappa shape index (κ2) is 8.23. The first-order valence-electron chi connectivity index (χ1n) is 9.66. The lowest BCUT2D eigenvalue weighted by molar-refractivity contribution is 0.181. The van der Waals surface area contributed by atoms with Crippen LogP contribution in [-0.2, 0) is 22.0 Å². The highest BCUT2D eigenvalue weighted by Crippen LogP contribution is 2.24. The fourth-order valence-electron chi connectivity index (χ4n) is 3.39. The topological polar surface area (TPSA) is 49.9 Å². The number of nitrogens with zero attached hydrogens (tertiary/aromatic N) is 2. The van der Waals surface area contributed by atoms with E-state index in [9.17, 15) is 8.42 Å². The van der Waals surface area contributed by atoms with Gasteiger partial charge in [0.1, 0.15) is 5.75 Å². The summed E-state index contributed by atoms with van der Waals surface area (Å²) in [4.78, 5) is 2.63. The van der Waals surface area contributed by atoms with E-state index in [2.05, 4.69) is 49.9 Å². The third-order valence-electron chi connectivity index (χ3n) is 5.25. The van der Waals surface area contributed by atoms with Gasteiger partial charge in [0, 0.05) is 32.7 Å². The van der Waals surface area contributed by atoms with E-state index in [1.807, 2.05) is 0 Å². The lowest BCUT2D eigenvalue weighted by Gasteiger charge is -2.34. The van der Waals surface area contributed by atoms with Gasteiger partial charge >= 0.3 is 0 Å². The highest BCUT2D eigenvalue weighted by atomic mass is 32.2. The number of rotatable bonds is 5. The minimum atomic E-state index is -3.45. The Kier molecular flexibility index (Phi) is 6.12. The molecule has 1 heterocycles. The highest BCUT2D eigenvalue weighted by molar-refractivity contribution is 7.89. The molecule has 0 radical (unpaired) electrons. The van der Waals surface area contributed by atoms with E-state index in [1.165, 1.54) is 11.1 Å². The number of hydrogen-bond donors (Lipinski definition) is 0. The smallest absolute Gasteiger partial charge is 0.243 e. The van der Waals surface area contributed by atoms with Crippen molar-refractivity contribution in [1.29, 1.82) is 0 Å². The van der Waals surface area contributed by atoms with Gasteiger partial charge in [0.25, 0.3) is 0 Å². The number of hydrogen-bond acceptors (Lipinski definition) is 4. The lowest BCUT2D eigenvalue weighted by atomic mass is 9.87. The zero-order chi connectivity index (χ0) is 20.4. The molecule has 152 valence electrons. The Labute approximate surface area is 169 Å². The summed E-state index contributed by atoms with van der Waals surface area (Å²) in [6, 6.07) is 15.3. The molecule has 0 N–H and O–H groups in total. The lowest BCUT2D eigenvalue weighted by Crippen LogP contribution is -2.48. The molecule has 0 aromatic heterocycles. The van der Waals surface area contributed by atoms with Crippen LogP contribution in [0.5, 0.6) is 5.75 Å². The first-order chi connectivity index (χ1) is 13.2. The van der Waals surface area contributed by atoms with Gasteiger partial charge in [0.05, 0.1) is 12.0 Å². The minimum Gasteiger partial charge on any atom is -0.497 e. The molecular weight excluding hydrogens is 372 g/mol. The summed E-state index contributed by atoms with van der Waals surface area (Å²) < 4.78 is 32.4. The van der Waals surface area contributed by atoms with Gasteiger partial charge in [0.15, 0.2) is 0 Å². The molecule has 28 heavy (non-hydrogen) atoms. The number of benzene rings is 2. The number of sulfonamides is 1. The van der Waals surface area contributed by atoms with Crippen LogP contribution in [0.25, 0.3) is 0 Å². The first kappa shape index (κ1) is 20.8. The Morgan fingerprint density at radius 1 is 0.893 bits per heavy atom. The van der Waals surface area contributed by atoms with E-state index in [0.29, 0.717) is 23.7 Å². The predicted octanol–water partition coefficient (Wildman–Crippen LogP) is 3.50. The van der Waals surface area contributed by atoms with Gasteiger partial charge in [0.2, 0.25) is 10.0 Å². The Hall–Kier alpha value is -1.89. The third-order valence-corrected chi connectivity index (χ3v) is 7.17. The molecule has 1 aliphatic rings. The van der Waals surface area contributed by atoms with Crippen molar-refractivity contribution in [3.8, 4) is 5.75 Å². The molecule has 0 aliphatic carbocycles. The largest absolute Gasteiger partial charge is 0.497 e. The van der Waals surface area contributed by atoms with Crippen molar-refractivity contribution in [3.63, 3.8) is 0 Å². The van der Waals surface area contributed by atoms with E-state index in [0.717, 1.165) is 19.6 Å². The van der Waals surface area contributed by atoms with Gasteiger partial charge in [-0.1, -0.05) is 45.0 Å². The summed E-state index contributed by atoms with van der Waals surface area (Å²) in [5.41, 5.74) is 2.74. The summed E-state index contributed by atoms with van der Waals surface area (Å²) in [5.74, 6) is 0.654. The average molecular weight is 403 g/mol. The highest BCUT2D eigenvalue weighted by Gasteiger charge is 2.28. The van der Waals surface area contributed by atoms with Gasteiger partial charge in [-0.2, -0.15) is 4.31 Å². The Bertz CT molecular complexity index is 877. The molecule has 0 atom stereocenters. The van der Waals surface area contributed by atoms with E-state index in [1.54, 1.807) is 35.7 Å². The molecular formula is C22H30N2O3S. The van der Waals surface area contributed by atoms with Crippen molar-refractivity contribution in [2.75, 3.05) is 33.3 Å². The molecule has 0 amide bonds. The van der Waals surface area contributed by atoms with Crippen molar-refractivity contribution in [1.82, 2.24) is 9.21 Å². The fourth-order valence-corrected chi connectivity index (χ4v) is 4.82. The van der Waals surface area contributed by atoms with Gasteiger partial charge in [-0.05, 0) is 40.8 Å². The maximum absolute atomic E-state index is 12.8. The van der Waals surface area contributed by atoms with Crippen molar-refractivity contribution < 1.29 is 13.2 Å². The quantitative estimate of drug-likeness (QED) is 0.768. The molecule has 0 unspecified atom stereocenters. The second-order valence-electron chi connectivity index (χ2n) is 8.30. The van der Waals surface area contributed by atoms with E-state index < -0.39 is 10.0 Å². The van der Waals surface area contributed by atoms with Crippen LogP contribution in [0, 0.1) is 0 Å². The summed E-state index contributed by atoms with van der Waals surface area (Å²) >= 11 is 0. The molecule has 0 spiro atoms. The summed E-state index contributed by atoms with van der Waals surface area (Å²) in [7, 11) is -1.89. The maximum atomic E-state index is 12.8. The minimum absolute atomic E-state index is 0.153. The molecule has 1 fully saturated rings. The van der Waals surface area contributed by atoms with E-state index in [-0.39, 0.29) is 5.41 Å². The molecule has 1 saturated heterocycles. The van der Waals surface area contributed by atoms with Crippen molar-refractivity contribution in [2.45, 2.75) is 37.6 Å². The fraction of sp³-hybridized carbons (Fsp3) is 0.455. The molecule has 2 aromatic carbocycles. The van der Waals surface area contributed by atoms with Crippen LogP contribution >= 0.6 is 0 Å². The van der Waals surface area contributed by atoms with Gasteiger partial charge in [-0.3, -0.25) is 4.90 Å². The predicted molar refractivity (Wildman–Crippen MR) is 112 cm³/mol. The van der Waals surface area contributed by atoms with Gasteiger partial charge < -0.3 is 4.74 Å². The zero-order valence-electron chi connectivity index (χ0n) is 17.2. The van der Waals surface area contributed by atoms with Crippen LogP contribution in [0.4, 0.5) is 0 Å². The molecule has 6 heteroatoms. The Balaban J connectivity index is 1.59. The van der Waals surface area contributed by atoms with Crippen LogP contribution in [-0.4, -0.2) is 50.9 Å². The zero-order valence-corrected chi connectivity index (χ0v) is 18.0. The molecule has 1 aliphatic heterocycles. The van der Waals surface area contributed by atoms with E-state index >= 15 is 0 Å². The average Bonchev–Trinajstić information content (AvgIpc) is 2.68. The molecule has 3 rings (SSSR count). The van der Waals surface area contributed by atoms with Crippen molar-refractivity contribution in [2.24, 2.45) is 0 Å². The summed E-state index contributed by atoms with van der Waals surface area (Å²) in [6.45, 7) is 9.97. The standard InChI is InChI=1S/C22H30N2O3S/c1-22(2,3)19-7-5-18(6-8-19)17-23-13-15-24(16-14-23)28(25,26)21-11-9-20(27-4)10-12-21/h5-12H,13-17H2,1-4H3. The molecule has 0 saturated carbocycles. The maximum Gasteiger partial charge on any atom is 0.243 e. The van der Waals surface area contributed by atoms with Crippen LogP contribution in [0.3, 0.4) is 0 Å². The Morgan fingerprint density at radius 3 is 1.96 bits per heavy atom. The molecule has 0 bridgehead atoms. The number of methoxy groups -OCH3 is 1. The van der Waals surface area contributed by atoms with Gasteiger partial charge in [-0.25, -0.2) is 8.42 Å². The molecule has 5 nitrogen and oxygen atoms in total. The summed E-state index contributed by atoms with van der Waals surface area (Å²) in [6.07, 6.45) is 0.